The number of carboxylic acid groups (broad SMARTS) is 1. The topological polar surface area (TPSA) is 75.1 Å². The van der Waals surface area contributed by atoms with Crippen LogP contribution in [0.3, 0.4) is 0 Å². The molecule has 19 heavy (non-hydrogen) atoms. The van der Waals surface area contributed by atoms with Crippen molar-refractivity contribution >= 4 is 16.9 Å². The fourth-order valence-corrected chi connectivity index (χ4v) is 2.02. The van der Waals surface area contributed by atoms with E-state index in [-0.39, 0.29) is 5.56 Å². The van der Waals surface area contributed by atoms with Gasteiger partial charge in [-0.25, -0.2) is 4.79 Å². The van der Waals surface area contributed by atoms with Gasteiger partial charge >= 0.3 is 5.97 Å². The van der Waals surface area contributed by atoms with Crippen LogP contribution in [0.2, 0.25) is 0 Å². The maximum Gasteiger partial charge on any atom is 0.341 e. The minimum atomic E-state index is -1.22. The average molecular weight is 254 g/mol. The Hall–Kier alpha value is -2.82. The number of hydrogen-bond acceptors (Lipinski definition) is 2. The maximum absolute atomic E-state index is 11.6. The Morgan fingerprint density at radius 3 is 2.58 bits per heavy atom. The van der Waals surface area contributed by atoms with E-state index < -0.39 is 11.5 Å². The summed E-state index contributed by atoms with van der Waals surface area (Å²) in [5.41, 5.74) is 0.670. The van der Waals surface area contributed by atoms with Crippen LogP contribution in [0.1, 0.15) is 10.4 Å². The molecule has 3 aromatic rings. The highest BCUT2D eigenvalue weighted by molar-refractivity contribution is 5.92. The van der Waals surface area contributed by atoms with Gasteiger partial charge in [0.05, 0.1) is 5.52 Å². The Morgan fingerprint density at radius 2 is 1.89 bits per heavy atom. The van der Waals surface area contributed by atoms with Crippen LogP contribution in [0.15, 0.2) is 53.6 Å². The number of nitrogens with zero attached hydrogens (tertiary/aromatic N) is 1. The Morgan fingerprint density at radius 1 is 1.16 bits per heavy atom. The molecule has 5 nitrogen and oxygen atoms in total. The fourth-order valence-electron chi connectivity index (χ4n) is 2.02. The van der Waals surface area contributed by atoms with Crippen LogP contribution in [0.25, 0.3) is 16.6 Å². The van der Waals surface area contributed by atoms with E-state index in [9.17, 15) is 9.59 Å². The molecule has 0 aliphatic rings. The van der Waals surface area contributed by atoms with Gasteiger partial charge in [0.1, 0.15) is 5.56 Å². The van der Waals surface area contributed by atoms with Crippen LogP contribution in [0.4, 0.5) is 0 Å². The third-order valence-electron chi connectivity index (χ3n) is 2.96. The van der Waals surface area contributed by atoms with E-state index >= 15 is 0 Å². The number of carbonyl (C=O) groups is 1. The average Bonchev–Trinajstić information content (AvgIpc) is 2.90. The van der Waals surface area contributed by atoms with Crippen molar-refractivity contribution in [1.29, 1.82) is 0 Å². The second-order valence-corrected chi connectivity index (χ2v) is 4.18. The maximum atomic E-state index is 11.6. The molecule has 5 heteroatoms. The number of hydrogen-bond donors (Lipinski definition) is 2. The molecule has 2 heterocycles. The molecule has 0 bridgehead atoms. The molecule has 94 valence electrons. The molecule has 3 rings (SSSR count). The molecule has 0 saturated carbocycles. The standard InChI is InChI=1S/C14H10N2O3/c17-13-11(14(18)19)7-9-3-4-10(8-12(9)15-13)16-5-1-2-6-16/h1-8H,(H,15,17)(H,18,19). The lowest BCUT2D eigenvalue weighted by Gasteiger charge is -2.05. The number of aromatic carboxylic acids is 1. The number of H-pyrrole nitrogens is 1. The Kier molecular flexibility index (Phi) is 2.45. The number of aromatic nitrogens is 2. The zero-order valence-electron chi connectivity index (χ0n) is 9.83. The first-order chi connectivity index (χ1) is 9.15. The molecule has 0 saturated heterocycles. The molecular weight excluding hydrogens is 244 g/mol. The van der Waals surface area contributed by atoms with Gasteiger partial charge in [0.25, 0.3) is 5.56 Å². The molecule has 0 unspecified atom stereocenters. The predicted octanol–water partition coefficient (Wildman–Crippen LogP) is 2.02. The number of aromatic amines is 1. The van der Waals surface area contributed by atoms with Crippen molar-refractivity contribution in [2.45, 2.75) is 0 Å². The summed E-state index contributed by atoms with van der Waals surface area (Å²) >= 11 is 0. The fraction of sp³-hybridized carbons (Fsp3) is 0. The van der Waals surface area contributed by atoms with E-state index in [1.54, 1.807) is 6.07 Å². The normalized spacial score (nSPS) is 10.7. The molecule has 2 aromatic heterocycles. The lowest BCUT2D eigenvalue weighted by molar-refractivity contribution is 0.0695. The van der Waals surface area contributed by atoms with Crippen LogP contribution in [0.5, 0.6) is 0 Å². The predicted molar refractivity (Wildman–Crippen MR) is 70.9 cm³/mol. The molecule has 0 aliphatic heterocycles. The van der Waals surface area contributed by atoms with Crippen LogP contribution in [-0.2, 0) is 0 Å². The molecule has 0 aliphatic carbocycles. The molecule has 2 N–H and O–H groups in total. The highest BCUT2D eigenvalue weighted by Gasteiger charge is 2.10. The van der Waals surface area contributed by atoms with E-state index in [2.05, 4.69) is 4.98 Å². The van der Waals surface area contributed by atoms with Gasteiger partial charge < -0.3 is 14.7 Å². The van der Waals surface area contributed by atoms with Crippen molar-refractivity contribution < 1.29 is 9.90 Å². The highest BCUT2D eigenvalue weighted by atomic mass is 16.4. The summed E-state index contributed by atoms with van der Waals surface area (Å²) in [5, 5.41) is 9.59. The van der Waals surface area contributed by atoms with Crippen LogP contribution in [-0.4, -0.2) is 20.6 Å². The van der Waals surface area contributed by atoms with Crippen LogP contribution >= 0.6 is 0 Å². The minimum absolute atomic E-state index is 0.249. The number of rotatable bonds is 2. The molecule has 0 atom stereocenters. The summed E-state index contributed by atoms with van der Waals surface area (Å²) in [5.74, 6) is -1.22. The SMILES string of the molecule is O=C(O)c1cc2ccc(-n3cccc3)cc2[nH]c1=O. The second-order valence-electron chi connectivity index (χ2n) is 4.18. The van der Waals surface area contributed by atoms with Gasteiger partial charge in [0.2, 0.25) is 0 Å². The monoisotopic (exact) mass is 254 g/mol. The van der Waals surface area contributed by atoms with Crippen molar-refractivity contribution in [2.75, 3.05) is 0 Å². The van der Waals surface area contributed by atoms with Gasteiger partial charge in [-0.3, -0.25) is 4.79 Å². The van der Waals surface area contributed by atoms with Crippen molar-refractivity contribution in [1.82, 2.24) is 9.55 Å². The number of benzene rings is 1. The first kappa shape index (κ1) is 11.3. The van der Waals surface area contributed by atoms with Crippen molar-refractivity contribution in [3.8, 4) is 5.69 Å². The van der Waals surface area contributed by atoms with E-state index in [1.165, 1.54) is 6.07 Å². The number of carboxylic acids is 1. The quantitative estimate of drug-likeness (QED) is 0.734. The van der Waals surface area contributed by atoms with Crippen LogP contribution < -0.4 is 5.56 Å². The first-order valence-electron chi connectivity index (χ1n) is 5.69. The van der Waals surface area contributed by atoms with E-state index in [4.69, 9.17) is 5.11 Å². The Balaban J connectivity index is 2.23. The van der Waals surface area contributed by atoms with Gasteiger partial charge in [-0.1, -0.05) is 6.07 Å². The van der Waals surface area contributed by atoms with Crippen LogP contribution in [0, 0.1) is 0 Å². The number of fused-ring (bicyclic) bond motifs is 1. The molecule has 0 amide bonds. The third kappa shape index (κ3) is 1.91. The van der Waals surface area contributed by atoms with E-state index in [0.717, 1.165) is 5.69 Å². The molecule has 0 fully saturated rings. The third-order valence-corrected chi connectivity index (χ3v) is 2.96. The molecular formula is C14H10N2O3. The number of nitrogens with one attached hydrogen (secondary N) is 1. The van der Waals surface area contributed by atoms with Crippen molar-refractivity contribution in [3.05, 3.63) is 64.7 Å². The van der Waals surface area contributed by atoms with E-state index in [0.29, 0.717) is 10.9 Å². The summed E-state index contributed by atoms with van der Waals surface area (Å²) in [4.78, 5) is 25.1. The van der Waals surface area contributed by atoms with Gasteiger partial charge in [-0.15, -0.1) is 0 Å². The summed E-state index contributed by atoms with van der Waals surface area (Å²) < 4.78 is 1.91. The minimum Gasteiger partial charge on any atom is -0.477 e. The van der Waals surface area contributed by atoms with E-state index in [1.807, 2.05) is 41.2 Å². The van der Waals surface area contributed by atoms with Crippen molar-refractivity contribution in [3.63, 3.8) is 0 Å². The van der Waals surface area contributed by atoms with Gasteiger partial charge in [-0.2, -0.15) is 0 Å². The Bertz CT molecular complexity index is 816. The first-order valence-corrected chi connectivity index (χ1v) is 5.69. The second kappa shape index (κ2) is 4.13. The highest BCUT2D eigenvalue weighted by Crippen LogP contribution is 2.16. The van der Waals surface area contributed by atoms with Gasteiger partial charge in [-0.05, 0) is 35.7 Å². The summed E-state index contributed by atoms with van der Waals surface area (Å²) in [6.45, 7) is 0. The lowest BCUT2D eigenvalue weighted by Crippen LogP contribution is -2.17. The van der Waals surface area contributed by atoms with Gasteiger partial charge in [0.15, 0.2) is 0 Å². The Labute approximate surface area is 107 Å². The van der Waals surface area contributed by atoms with Crippen molar-refractivity contribution in [2.24, 2.45) is 0 Å². The van der Waals surface area contributed by atoms with Gasteiger partial charge in [0, 0.05) is 18.1 Å². The number of pyridine rings is 1. The largest absolute Gasteiger partial charge is 0.477 e. The molecule has 1 aromatic carbocycles. The zero-order valence-corrected chi connectivity index (χ0v) is 9.83. The zero-order chi connectivity index (χ0) is 13.4. The molecule has 0 spiro atoms. The summed E-state index contributed by atoms with van der Waals surface area (Å²) in [6, 6.07) is 10.7. The molecule has 0 radical (unpaired) electrons. The summed E-state index contributed by atoms with van der Waals surface area (Å²) in [7, 11) is 0. The summed E-state index contributed by atoms with van der Waals surface area (Å²) in [6.07, 6.45) is 3.79. The lowest BCUT2D eigenvalue weighted by atomic mass is 10.1. The smallest absolute Gasteiger partial charge is 0.341 e.